The third kappa shape index (κ3) is 2.64. The topological polar surface area (TPSA) is 76.2 Å². The molecule has 5 heteroatoms. The molecule has 0 unspecified atom stereocenters. The van der Waals surface area contributed by atoms with Gasteiger partial charge < -0.3 is 10.8 Å². The minimum Gasteiger partial charge on any atom is -0.481 e. The molecule has 0 fully saturated rings. The van der Waals surface area contributed by atoms with Crippen molar-refractivity contribution in [2.45, 2.75) is 6.42 Å². The van der Waals surface area contributed by atoms with Crippen LogP contribution in [-0.2, 0) is 4.79 Å². The number of nitrogens with two attached hydrogens (primary N) is 1. The Morgan fingerprint density at radius 2 is 2.43 bits per heavy atom. The molecule has 0 aliphatic carbocycles. The van der Waals surface area contributed by atoms with Crippen LogP contribution >= 0.6 is 11.6 Å². The highest BCUT2D eigenvalue weighted by Gasteiger charge is 2.01. The number of halogens is 1. The van der Waals surface area contributed by atoms with Crippen molar-refractivity contribution in [2.75, 3.05) is 5.73 Å². The van der Waals surface area contributed by atoms with E-state index in [4.69, 9.17) is 22.4 Å². The SMILES string of the molecule is Nc1ccnc(Cl)c1C#CCC(=O)O. The molecule has 0 saturated heterocycles. The predicted octanol–water partition coefficient (Wildman–Crippen LogP) is 1.14. The summed E-state index contributed by atoms with van der Waals surface area (Å²) in [6.45, 7) is 0. The van der Waals surface area contributed by atoms with Crippen LogP contribution in [0, 0.1) is 11.8 Å². The van der Waals surface area contributed by atoms with Crippen LogP contribution in [-0.4, -0.2) is 16.1 Å². The molecule has 4 nitrogen and oxygen atoms in total. The summed E-state index contributed by atoms with van der Waals surface area (Å²) in [6, 6.07) is 1.55. The first-order valence-electron chi connectivity index (χ1n) is 3.72. The maximum Gasteiger partial charge on any atom is 0.315 e. The van der Waals surface area contributed by atoms with Crippen LogP contribution in [0.15, 0.2) is 12.3 Å². The zero-order valence-electron chi connectivity index (χ0n) is 7.12. The van der Waals surface area contributed by atoms with Gasteiger partial charge in [0.2, 0.25) is 0 Å². The van der Waals surface area contributed by atoms with Crippen molar-refractivity contribution >= 4 is 23.3 Å². The van der Waals surface area contributed by atoms with E-state index in [0.717, 1.165) is 0 Å². The number of nitrogens with zero attached hydrogens (tertiary/aromatic N) is 1. The second-order valence-electron chi connectivity index (χ2n) is 2.44. The molecular weight excluding hydrogens is 204 g/mol. The molecule has 0 bridgehead atoms. The van der Waals surface area contributed by atoms with Crippen molar-refractivity contribution < 1.29 is 9.90 Å². The summed E-state index contributed by atoms with van der Waals surface area (Å²) in [5.41, 5.74) is 6.33. The van der Waals surface area contributed by atoms with Gasteiger partial charge in [0, 0.05) is 6.20 Å². The fourth-order valence-corrected chi connectivity index (χ4v) is 0.995. The first kappa shape index (κ1) is 10.4. The van der Waals surface area contributed by atoms with Crippen LogP contribution in [0.5, 0.6) is 0 Å². The Kier molecular flexibility index (Phi) is 3.32. The van der Waals surface area contributed by atoms with Gasteiger partial charge in [-0.05, 0) is 6.07 Å². The fraction of sp³-hybridized carbons (Fsp3) is 0.111. The highest BCUT2D eigenvalue weighted by atomic mass is 35.5. The summed E-state index contributed by atoms with van der Waals surface area (Å²) in [5, 5.41) is 8.53. The fourth-order valence-electron chi connectivity index (χ4n) is 0.782. The lowest BCUT2D eigenvalue weighted by Gasteiger charge is -1.97. The number of carboxylic acid groups (broad SMARTS) is 1. The smallest absolute Gasteiger partial charge is 0.315 e. The molecule has 1 aromatic heterocycles. The summed E-state index contributed by atoms with van der Waals surface area (Å²) in [6.07, 6.45) is 1.21. The van der Waals surface area contributed by atoms with E-state index < -0.39 is 5.97 Å². The molecule has 0 atom stereocenters. The molecule has 0 saturated carbocycles. The number of hydrogen-bond donors (Lipinski definition) is 2. The number of aromatic nitrogens is 1. The summed E-state index contributed by atoms with van der Waals surface area (Å²) >= 11 is 5.70. The number of rotatable bonds is 1. The van der Waals surface area contributed by atoms with E-state index in [1.807, 2.05) is 0 Å². The highest BCUT2D eigenvalue weighted by Crippen LogP contribution is 2.17. The number of pyridine rings is 1. The Hall–Kier alpha value is -1.73. The molecule has 0 amide bonds. The van der Waals surface area contributed by atoms with Crippen molar-refractivity contribution in [2.24, 2.45) is 0 Å². The minimum atomic E-state index is -0.990. The summed E-state index contributed by atoms with van der Waals surface area (Å²) in [4.78, 5) is 14.0. The number of carbonyl (C=O) groups is 1. The summed E-state index contributed by atoms with van der Waals surface area (Å²) < 4.78 is 0. The van der Waals surface area contributed by atoms with Gasteiger partial charge in [-0.1, -0.05) is 23.4 Å². The Balaban J connectivity index is 2.94. The maximum absolute atomic E-state index is 10.2. The molecule has 0 aliphatic rings. The van der Waals surface area contributed by atoms with Gasteiger partial charge >= 0.3 is 5.97 Å². The first-order valence-corrected chi connectivity index (χ1v) is 4.09. The maximum atomic E-state index is 10.2. The molecule has 0 aliphatic heterocycles. The van der Waals surface area contributed by atoms with E-state index in [2.05, 4.69) is 16.8 Å². The van der Waals surface area contributed by atoms with Crippen LogP contribution in [0.1, 0.15) is 12.0 Å². The monoisotopic (exact) mass is 210 g/mol. The lowest BCUT2D eigenvalue weighted by molar-refractivity contribution is -0.135. The number of aliphatic carboxylic acids is 1. The molecule has 1 rings (SSSR count). The van der Waals surface area contributed by atoms with Crippen molar-refractivity contribution in [1.29, 1.82) is 0 Å². The lowest BCUT2D eigenvalue weighted by atomic mass is 10.2. The molecule has 0 aromatic carbocycles. The van der Waals surface area contributed by atoms with Crippen LogP contribution in [0.3, 0.4) is 0 Å². The third-order valence-electron chi connectivity index (χ3n) is 1.39. The van der Waals surface area contributed by atoms with E-state index in [1.54, 1.807) is 6.07 Å². The van der Waals surface area contributed by atoms with Crippen LogP contribution in [0.4, 0.5) is 5.69 Å². The Morgan fingerprint density at radius 3 is 3.00 bits per heavy atom. The van der Waals surface area contributed by atoms with Crippen molar-refractivity contribution in [3.8, 4) is 11.8 Å². The van der Waals surface area contributed by atoms with Crippen LogP contribution in [0.25, 0.3) is 0 Å². The average Bonchev–Trinajstić information content (AvgIpc) is 2.09. The molecule has 0 radical (unpaired) electrons. The molecule has 1 heterocycles. The van der Waals surface area contributed by atoms with Crippen molar-refractivity contribution in [3.63, 3.8) is 0 Å². The second-order valence-corrected chi connectivity index (χ2v) is 2.80. The van der Waals surface area contributed by atoms with Gasteiger partial charge in [-0.15, -0.1) is 0 Å². The number of anilines is 1. The van der Waals surface area contributed by atoms with Crippen LogP contribution < -0.4 is 5.73 Å². The first-order chi connectivity index (χ1) is 6.61. The quantitative estimate of drug-likeness (QED) is 0.539. The zero-order chi connectivity index (χ0) is 10.6. The van der Waals surface area contributed by atoms with Gasteiger partial charge in [0.15, 0.2) is 0 Å². The molecule has 0 spiro atoms. The molecular formula is C9H7ClN2O2. The Bertz CT molecular complexity index is 400. The molecule has 72 valence electrons. The van der Waals surface area contributed by atoms with Crippen molar-refractivity contribution in [3.05, 3.63) is 23.0 Å². The molecule has 3 N–H and O–H groups in total. The molecule has 14 heavy (non-hydrogen) atoms. The Morgan fingerprint density at radius 1 is 1.71 bits per heavy atom. The van der Waals surface area contributed by atoms with Gasteiger partial charge in [0.05, 0.1) is 11.3 Å². The summed E-state index contributed by atoms with van der Waals surface area (Å²) in [7, 11) is 0. The van der Waals surface area contributed by atoms with Gasteiger partial charge in [-0.25, -0.2) is 4.98 Å². The second kappa shape index (κ2) is 4.49. The average molecular weight is 211 g/mol. The van der Waals surface area contributed by atoms with Gasteiger partial charge in [0.1, 0.15) is 11.6 Å². The number of carboxylic acids is 1. The highest BCUT2D eigenvalue weighted by molar-refractivity contribution is 6.30. The van der Waals surface area contributed by atoms with E-state index in [-0.39, 0.29) is 11.6 Å². The zero-order valence-corrected chi connectivity index (χ0v) is 7.88. The normalized spacial score (nSPS) is 8.93. The lowest BCUT2D eigenvalue weighted by Crippen LogP contribution is -1.94. The van der Waals surface area contributed by atoms with E-state index in [1.165, 1.54) is 6.20 Å². The standard InChI is InChI=1S/C9H7ClN2O2/c10-9-6(2-1-3-8(13)14)7(11)4-5-12-9/h4-5H,3H2,(H2,11,12)(H,13,14). The Labute approximate surface area is 85.7 Å². The van der Waals surface area contributed by atoms with Gasteiger partial charge in [-0.2, -0.15) is 0 Å². The number of hydrogen-bond acceptors (Lipinski definition) is 3. The summed E-state index contributed by atoms with van der Waals surface area (Å²) in [5.74, 6) is 4.00. The third-order valence-corrected chi connectivity index (χ3v) is 1.68. The van der Waals surface area contributed by atoms with Gasteiger partial charge in [-0.3, -0.25) is 4.79 Å². The predicted molar refractivity (Wildman–Crippen MR) is 52.8 cm³/mol. The minimum absolute atomic E-state index is 0.183. The largest absolute Gasteiger partial charge is 0.481 e. The van der Waals surface area contributed by atoms with E-state index in [9.17, 15) is 4.79 Å². The van der Waals surface area contributed by atoms with Crippen LogP contribution in [0.2, 0.25) is 5.15 Å². The van der Waals surface area contributed by atoms with Gasteiger partial charge in [0.25, 0.3) is 0 Å². The van der Waals surface area contributed by atoms with E-state index in [0.29, 0.717) is 11.3 Å². The molecule has 1 aromatic rings. The van der Waals surface area contributed by atoms with E-state index >= 15 is 0 Å². The number of nitrogen functional groups attached to an aromatic ring is 1. The van der Waals surface area contributed by atoms with Crippen molar-refractivity contribution in [1.82, 2.24) is 4.98 Å².